The summed E-state index contributed by atoms with van der Waals surface area (Å²) in [6.45, 7) is 0. The fourth-order valence-corrected chi connectivity index (χ4v) is 2.39. The Hall–Kier alpha value is -1.34. The molecule has 2 unspecified atom stereocenters. The van der Waals surface area contributed by atoms with E-state index in [2.05, 4.69) is 0 Å². The standard InChI is InChI=1S/C14H10Cl2F4N2/c15-5-1-3-7(17)9(11(5)19)13(21)14(22)10-8(18)4-2-6(16)12(10)20/h1-4,13-14H,21-22H2. The Bertz CT molecular complexity index is 663. The molecule has 0 saturated heterocycles. The zero-order chi connectivity index (χ0) is 16.6. The predicted octanol–water partition coefficient (Wildman–Crippen LogP) is 4.25. The van der Waals surface area contributed by atoms with Gasteiger partial charge in [0, 0.05) is 11.1 Å². The van der Waals surface area contributed by atoms with Crippen LogP contribution in [0.25, 0.3) is 0 Å². The summed E-state index contributed by atoms with van der Waals surface area (Å²) in [6.07, 6.45) is 0. The maximum absolute atomic E-state index is 13.9. The normalized spacial score (nSPS) is 14.0. The molecule has 4 N–H and O–H groups in total. The van der Waals surface area contributed by atoms with Crippen LogP contribution in [0, 0.1) is 23.3 Å². The number of rotatable bonds is 3. The molecule has 0 bridgehead atoms. The highest BCUT2D eigenvalue weighted by molar-refractivity contribution is 6.31. The van der Waals surface area contributed by atoms with E-state index in [1.807, 2.05) is 0 Å². The lowest BCUT2D eigenvalue weighted by Crippen LogP contribution is -2.30. The summed E-state index contributed by atoms with van der Waals surface area (Å²) >= 11 is 11.1. The van der Waals surface area contributed by atoms with Crippen LogP contribution in [0.1, 0.15) is 23.2 Å². The van der Waals surface area contributed by atoms with Gasteiger partial charge in [0.25, 0.3) is 0 Å². The molecule has 0 amide bonds. The molecule has 0 aliphatic heterocycles. The summed E-state index contributed by atoms with van der Waals surface area (Å²) in [7, 11) is 0. The fourth-order valence-electron chi connectivity index (χ4n) is 2.06. The molecule has 0 aromatic heterocycles. The maximum Gasteiger partial charge on any atom is 0.149 e. The lowest BCUT2D eigenvalue weighted by molar-refractivity contribution is 0.453. The van der Waals surface area contributed by atoms with Crippen molar-refractivity contribution in [3.05, 3.63) is 68.7 Å². The van der Waals surface area contributed by atoms with E-state index in [0.717, 1.165) is 24.3 Å². The highest BCUT2D eigenvalue weighted by atomic mass is 35.5. The van der Waals surface area contributed by atoms with Gasteiger partial charge in [0.2, 0.25) is 0 Å². The zero-order valence-corrected chi connectivity index (χ0v) is 12.4. The van der Waals surface area contributed by atoms with Crippen LogP contribution >= 0.6 is 23.2 Å². The van der Waals surface area contributed by atoms with Gasteiger partial charge in [-0.2, -0.15) is 0 Å². The van der Waals surface area contributed by atoms with E-state index in [0.29, 0.717) is 0 Å². The fraction of sp³-hybridized carbons (Fsp3) is 0.143. The molecule has 0 radical (unpaired) electrons. The van der Waals surface area contributed by atoms with Crippen molar-refractivity contribution < 1.29 is 17.6 Å². The molecule has 2 nitrogen and oxygen atoms in total. The molecule has 8 heteroatoms. The second kappa shape index (κ2) is 6.42. The second-order valence-electron chi connectivity index (χ2n) is 4.57. The van der Waals surface area contributed by atoms with Crippen LogP contribution in [0.15, 0.2) is 24.3 Å². The van der Waals surface area contributed by atoms with Crippen molar-refractivity contribution in [2.75, 3.05) is 0 Å². The smallest absolute Gasteiger partial charge is 0.149 e. The molecule has 0 spiro atoms. The Labute approximate surface area is 133 Å². The molecule has 2 atom stereocenters. The van der Waals surface area contributed by atoms with E-state index in [4.69, 9.17) is 34.7 Å². The molecule has 0 saturated carbocycles. The van der Waals surface area contributed by atoms with Crippen molar-refractivity contribution >= 4 is 23.2 Å². The number of hydrogen-bond acceptors (Lipinski definition) is 2. The molecule has 2 aromatic carbocycles. The second-order valence-corrected chi connectivity index (χ2v) is 5.38. The van der Waals surface area contributed by atoms with Crippen LogP contribution in [0.5, 0.6) is 0 Å². The van der Waals surface area contributed by atoms with Gasteiger partial charge in [-0.25, -0.2) is 17.6 Å². The first-order valence-electron chi connectivity index (χ1n) is 6.03. The Kier molecular flexibility index (Phi) is 4.97. The minimum atomic E-state index is -1.57. The van der Waals surface area contributed by atoms with Gasteiger partial charge < -0.3 is 11.5 Å². The van der Waals surface area contributed by atoms with Crippen LogP contribution in [0.3, 0.4) is 0 Å². The third-order valence-electron chi connectivity index (χ3n) is 3.21. The summed E-state index contributed by atoms with van der Waals surface area (Å²) in [5, 5.41) is -0.767. The van der Waals surface area contributed by atoms with E-state index >= 15 is 0 Å². The molecule has 22 heavy (non-hydrogen) atoms. The van der Waals surface area contributed by atoms with Crippen molar-refractivity contribution in [2.24, 2.45) is 11.5 Å². The first-order valence-corrected chi connectivity index (χ1v) is 6.79. The van der Waals surface area contributed by atoms with Crippen molar-refractivity contribution in [1.82, 2.24) is 0 Å². The third-order valence-corrected chi connectivity index (χ3v) is 3.80. The van der Waals surface area contributed by atoms with Gasteiger partial charge in [-0.1, -0.05) is 23.2 Å². The lowest BCUT2D eigenvalue weighted by Gasteiger charge is -2.23. The first-order chi connectivity index (χ1) is 10.3. The summed E-state index contributed by atoms with van der Waals surface area (Å²) in [5.41, 5.74) is 10.1. The molecular formula is C14H10Cl2F4N2. The van der Waals surface area contributed by atoms with Crippen LogP contribution in [-0.4, -0.2) is 0 Å². The Morgan fingerprint density at radius 2 is 1.00 bits per heavy atom. The minimum Gasteiger partial charge on any atom is -0.322 e. The Morgan fingerprint density at radius 3 is 1.32 bits per heavy atom. The number of halogens is 6. The van der Waals surface area contributed by atoms with E-state index in [-0.39, 0.29) is 10.0 Å². The van der Waals surface area contributed by atoms with Gasteiger partial charge >= 0.3 is 0 Å². The van der Waals surface area contributed by atoms with E-state index in [9.17, 15) is 17.6 Å². The monoisotopic (exact) mass is 352 g/mol. The minimum absolute atomic E-state index is 0.383. The topological polar surface area (TPSA) is 52.0 Å². The number of benzene rings is 2. The van der Waals surface area contributed by atoms with Crippen LogP contribution in [-0.2, 0) is 0 Å². The van der Waals surface area contributed by atoms with Gasteiger partial charge in [0.15, 0.2) is 0 Å². The van der Waals surface area contributed by atoms with Crippen LogP contribution < -0.4 is 11.5 Å². The lowest BCUT2D eigenvalue weighted by atomic mass is 9.93. The molecular weight excluding hydrogens is 343 g/mol. The number of nitrogens with two attached hydrogens (primary N) is 2. The summed E-state index contributed by atoms with van der Waals surface area (Å²) in [4.78, 5) is 0. The van der Waals surface area contributed by atoms with Crippen molar-refractivity contribution in [3.63, 3.8) is 0 Å². The summed E-state index contributed by atoms with van der Waals surface area (Å²) in [6, 6.07) is 0.626. The predicted molar refractivity (Wildman–Crippen MR) is 76.6 cm³/mol. The molecule has 118 valence electrons. The van der Waals surface area contributed by atoms with Crippen molar-refractivity contribution in [1.29, 1.82) is 0 Å². The molecule has 0 aliphatic carbocycles. The summed E-state index contributed by atoms with van der Waals surface area (Å²) in [5.74, 6) is -4.31. The molecule has 2 aromatic rings. The summed E-state index contributed by atoms with van der Waals surface area (Å²) < 4.78 is 55.5. The van der Waals surface area contributed by atoms with E-state index in [1.54, 1.807) is 0 Å². The van der Waals surface area contributed by atoms with Crippen LogP contribution in [0.2, 0.25) is 10.0 Å². The average Bonchev–Trinajstić information content (AvgIpc) is 2.47. The van der Waals surface area contributed by atoms with Gasteiger partial charge in [-0.15, -0.1) is 0 Å². The quantitative estimate of drug-likeness (QED) is 0.640. The highest BCUT2D eigenvalue weighted by Crippen LogP contribution is 2.34. The van der Waals surface area contributed by atoms with E-state index in [1.165, 1.54) is 0 Å². The van der Waals surface area contributed by atoms with Gasteiger partial charge in [-0.05, 0) is 24.3 Å². The maximum atomic E-state index is 13.9. The Morgan fingerprint density at radius 1 is 0.682 bits per heavy atom. The first kappa shape index (κ1) is 17.0. The largest absolute Gasteiger partial charge is 0.322 e. The van der Waals surface area contributed by atoms with Crippen LogP contribution in [0.4, 0.5) is 17.6 Å². The van der Waals surface area contributed by atoms with Gasteiger partial charge in [0.05, 0.1) is 22.1 Å². The van der Waals surface area contributed by atoms with E-state index < -0.39 is 46.5 Å². The average molecular weight is 353 g/mol. The Balaban J connectivity index is 2.54. The molecule has 0 heterocycles. The molecule has 0 aliphatic rings. The van der Waals surface area contributed by atoms with Crippen molar-refractivity contribution in [2.45, 2.75) is 12.1 Å². The third kappa shape index (κ3) is 2.92. The van der Waals surface area contributed by atoms with Gasteiger partial charge in [-0.3, -0.25) is 0 Å². The molecule has 0 fully saturated rings. The van der Waals surface area contributed by atoms with Crippen molar-refractivity contribution in [3.8, 4) is 0 Å². The highest BCUT2D eigenvalue weighted by Gasteiger charge is 2.29. The number of hydrogen-bond donors (Lipinski definition) is 2. The van der Waals surface area contributed by atoms with Gasteiger partial charge in [0.1, 0.15) is 23.3 Å². The molecule has 2 rings (SSSR count). The SMILES string of the molecule is NC(c1c(F)ccc(Cl)c1F)C(N)c1c(F)ccc(Cl)c1F. The zero-order valence-electron chi connectivity index (χ0n) is 10.9.